The number of hydrogen-bond donors (Lipinski definition) is 1. The van der Waals surface area contributed by atoms with Crippen LogP contribution in [-0.4, -0.2) is 21.3 Å². The van der Waals surface area contributed by atoms with Gasteiger partial charge in [0.05, 0.1) is 0 Å². The van der Waals surface area contributed by atoms with Crippen LogP contribution in [-0.2, 0) is 4.79 Å². The molecule has 1 unspecified atom stereocenters. The van der Waals surface area contributed by atoms with E-state index in [0.29, 0.717) is 23.7 Å². The Morgan fingerprint density at radius 1 is 1.29 bits per heavy atom. The number of aliphatic carboxylic acids is 1. The Morgan fingerprint density at radius 3 is 2.61 bits per heavy atom. The highest BCUT2D eigenvalue weighted by molar-refractivity contribution is 8.00. The number of hydrogen-bond acceptors (Lipinski definition) is 3. The minimum Gasteiger partial charge on any atom is -0.481 e. The molecule has 0 amide bonds. The number of carbonyl (C=O) groups is 1. The van der Waals surface area contributed by atoms with E-state index in [9.17, 15) is 13.6 Å². The average molecular weight is 406 g/mol. The van der Waals surface area contributed by atoms with Crippen molar-refractivity contribution in [2.45, 2.75) is 68.1 Å². The molecular formula is C22H25F2NO2S. The molecule has 1 aliphatic rings. The molecule has 3 nitrogen and oxygen atoms in total. The number of aromatic nitrogens is 1. The lowest BCUT2D eigenvalue weighted by atomic mass is 9.92. The van der Waals surface area contributed by atoms with Crippen LogP contribution in [0.1, 0.15) is 63.4 Å². The van der Waals surface area contributed by atoms with Crippen LogP contribution in [0.25, 0.3) is 11.1 Å². The lowest BCUT2D eigenvalue weighted by molar-refractivity contribution is -0.137. The number of rotatable bonds is 8. The van der Waals surface area contributed by atoms with Gasteiger partial charge in [0.1, 0.15) is 16.7 Å². The van der Waals surface area contributed by atoms with Crippen LogP contribution in [0.3, 0.4) is 0 Å². The van der Waals surface area contributed by atoms with Crippen LogP contribution in [0.2, 0.25) is 0 Å². The number of carboxylic acids is 1. The van der Waals surface area contributed by atoms with E-state index >= 15 is 0 Å². The summed E-state index contributed by atoms with van der Waals surface area (Å²) in [6.45, 7) is 1.73. The lowest BCUT2D eigenvalue weighted by Gasteiger charge is -2.16. The van der Waals surface area contributed by atoms with Gasteiger partial charge in [0, 0.05) is 29.0 Å². The summed E-state index contributed by atoms with van der Waals surface area (Å²) in [5.74, 6) is -2.45. The van der Waals surface area contributed by atoms with Crippen molar-refractivity contribution in [3.63, 3.8) is 0 Å². The van der Waals surface area contributed by atoms with Gasteiger partial charge in [-0.25, -0.2) is 13.8 Å². The van der Waals surface area contributed by atoms with Gasteiger partial charge in [0.25, 0.3) is 0 Å². The van der Waals surface area contributed by atoms with E-state index in [0.717, 1.165) is 23.4 Å². The molecule has 0 saturated heterocycles. The third-order valence-corrected chi connectivity index (χ3v) is 6.62. The Labute approximate surface area is 168 Å². The smallest absolute Gasteiger partial charge is 0.303 e. The van der Waals surface area contributed by atoms with Crippen molar-refractivity contribution in [2.24, 2.45) is 0 Å². The van der Waals surface area contributed by atoms with Crippen molar-refractivity contribution < 1.29 is 18.7 Å². The third kappa shape index (κ3) is 5.10. The zero-order valence-electron chi connectivity index (χ0n) is 16.0. The first-order valence-electron chi connectivity index (χ1n) is 9.78. The molecule has 1 aromatic carbocycles. The molecule has 1 saturated carbocycles. The SMILES string of the molecule is CC(CCCC(=O)O)c1c(F)cc(-c2cccnc2SC2CCCC2)cc1F. The van der Waals surface area contributed by atoms with Crippen LogP contribution in [0, 0.1) is 11.6 Å². The summed E-state index contributed by atoms with van der Waals surface area (Å²) in [4.78, 5) is 15.1. The normalized spacial score (nSPS) is 15.7. The number of nitrogens with zero attached hydrogens (tertiary/aromatic N) is 1. The molecule has 1 fully saturated rings. The number of halogens is 2. The summed E-state index contributed by atoms with van der Waals surface area (Å²) in [6.07, 6.45) is 7.27. The summed E-state index contributed by atoms with van der Waals surface area (Å²) in [6, 6.07) is 6.39. The maximum atomic E-state index is 14.8. The van der Waals surface area contributed by atoms with Gasteiger partial charge in [-0.05, 0) is 55.4 Å². The first-order valence-corrected chi connectivity index (χ1v) is 10.7. The van der Waals surface area contributed by atoms with Gasteiger partial charge >= 0.3 is 5.97 Å². The Hall–Kier alpha value is -1.95. The second-order valence-electron chi connectivity index (χ2n) is 7.42. The van der Waals surface area contributed by atoms with Gasteiger partial charge in [-0.3, -0.25) is 4.79 Å². The Bertz CT molecular complexity index is 814. The summed E-state index contributed by atoms with van der Waals surface area (Å²) in [5.41, 5.74) is 1.27. The lowest BCUT2D eigenvalue weighted by Crippen LogP contribution is -2.04. The second kappa shape index (κ2) is 9.50. The summed E-state index contributed by atoms with van der Waals surface area (Å²) in [7, 11) is 0. The van der Waals surface area contributed by atoms with Crippen LogP contribution in [0.5, 0.6) is 0 Å². The van der Waals surface area contributed by atoms with Crippen LogP contribution in [0.15, 0.2) is 35.5 Å². The molecule has 1 N–H and O–H groups in total. The topological polar surface area (TPSA) is 50.2 Å². The molecule has 1 atom stereocenters. The van der Waals surface area contributed by atoms with E-state index < -0.39 is 17.6 Å². The zero-order chi connectivity index (χ0) is 20.1. The highest BCUT2D eigenvalue weighted by Crippen LogP contribution is 2.39. The summed E-state index contributed by atoms with van der Waals surface area (Å²) < 4.78 is 29.6. The van der Waals surface area contributed by atoms with E-state index in [1.807, 2.05) is 6.07 Å². The Kier molecular flexibility index (Phi) is 7.05. The van der Waals surface area contributed by atoms with Gasteiger partial charge in [-0.1, -0.05) is 25.8 Å². The van der Waals surface area contributed by atoms with Gasteiger partial charge in [-0.15, -0.1) is 11.8 Å². The van der Waals surface area contributed by atoms with Gasteiger partial charge in [-0.2, -0.15) is 0 Å². The predicted octanol–water partition coefficient (Wildman–Crippen LogP) is 6.42. The third-order valence-electron chi connectivity index (χ3n) is 5.26. The molecule has 6 heteroatoms. The Balaban J connectivity index is 1.83. The van der Waals surface area contributed by atoms with Gasteiger partial charge in [0.2, 0.25) is 0 Å². The summed E-state index contributed by atoms with van der Waals surface area (Å²) >= 11 is 1.70. The Morgan fingerprint density at radius 2 is 1.96 bits per heavy atom. The number of thioether (sulfide) groups is 1. The molecule has 1 aliphatic carbocycles. The minimum atomic E-state index is -0.896. The van der Waals surface area contributed by atoms with Crippen molar-refractivity contribution in [2.75, 3.05) is 0 Å². The fourth-order valence-electron chi connectivity index (χ4n) is 3.78. The van der Waals surface area contributed by atoms with Crippen LogP contribution < -0.4 is 0 Å². The maximum absolute atomic E-state index is 14.8. The fraction of sp³-hybridized carbons (Fsp3) is 0.455. The summed E-state index contributed by atoms with van der Waals surface area (Å²) in [5, 5.41) is 10.1. The monoisotopic (exact) mass is 405 g/mol. The number of benzene rings is 1. The largest absolute Gasteiger partial charge is 0.481 e. The van der Waals surface area contributed by atoms with Crippen LogP contribution >= 0.6 is 11.8 Å². The maximum Gasteiger partial charge on any atom is 0.303 e. The first-order chi connectivity index (χ1) is 13.5. The second-order valence-corrected chi connectivity index (χ2v) is 8.71. The highest BCUT2D eigenvalue weighted by atomic mass is 32.2. The van der Waals surface area contributed by atoms with Gasteiger partial charge in [0.15, 0.2) is 0 Å². The molecule has 3 rings (SSSR count). The van der Waals surface area contributed by atoms with Crippen molar-refractivity contribution >= 4 is 17.7 Å². The molecule has 28 heavy (non-hydrogen) atoms. The average Bonchev–Trinajstić information content (AvgIpc) is 3.14. The number of pyridine rings is 1. The minimum absolute atomic E-state index is 0.00307. The van der Waals surface area contributed by atoms with Crippen molar-refractivity contribution in [1.29, 1.82) is 0 Å². The number of carboxylic acid groups (broad SMARTS) is 1. The first kappa shape index (κ1) is 20.8. The van der Waals surface area contributed by atoms with Gasteiger partial charge < -0.3 is 5.11 Å². The zero-order valence-corrected chi connectivity index (χ0v) is 16.8. The molecule has 1 heterocycles. The molecule has 2 aromatic rings. The molecule has 0 radical (unpaired) electrons. The van der Waals surface area contributed by atoms with E-state index in [2.05, 4.69) is 4.98 Å². The predicted molar refractivity (Wildman–Crippen MR) is 108 cm³/mol. The molecule has 0 spiro atoms. The molecular weight excluding hydrogens is 380 g/mol. The van der Waals surface area contributed by atoms with E-state index in [4.69, 9.17) is 5.11 Å². The molecule has 150 valence electrons. The van der Waals surface area contributed by atoms with Crippen molar-refractivity contribution in [1.82, 2.24) is 4.98 Å². The highest BCUT2D eigenvalue weighted by Gasteiger charge is 2.22. The van der Waals surface area contributed by atoms with E-state index in [1.54, 1.807) is 30.9 Å². The molecule has 0 aliphatic heterocycles. The van der Waals surface area contributed by atoms with E-state index in [-0.39, 0.29) is 17.9 Å². The van der Waals surface area contributed by atoms with Crippen LogP contribution in [0.4, 0.5) is 8.78 Å². The quantitative estimate of drug-likeness (QED) is 0.550. The molecule has 1 aromatic heterocycles. The molecule has 0 bridgehead atoms. The standard InChI is InChI=1S/C22H25F2NO2S/c1-14(6-4-10-20(26)27)21-18(23)12-15(13-19(21)24)17-9-5-11-25-22(17)28-16-7-2-3-8-16/h5,9,11-14,16H,2-4,6-8,10H2,1H3,(H,26,27). The van der Waals surface area contributed by atoms with Crippen molar-refractivity contribution in [3.05, 3.63) is 47.7 Å². The van der Waals surface area contributed by atoms with E-state index in [1.165, 1.54) is 25.0 Å². The van der Waals surface area contributed by atoms with Crippen molar-refractivity contribution in [3.8, 4) is 11.1 Å². The fourth-order valence-corrected chi connectivity index (χ4v) is 5.10.